The second-order valence-corrected chi connectivity index (χ2v) is 10.9. The van der Waals surface area contributed by atoms with Crippen molar-refractivity contribution in [3.63, 3.8) is 0 Å². The summed E-state index contributed by atoms with van der Waals surface area (Å²) in [7, 11) is 0. The van der Waals surface area contributed by atoms with Gasteiger partial charge in [-0.15, -0.1) is 0 Å². The van der Waals surface area contributed by atoms with Crippen LogP contribution < -0.4 is 4.90 Å². The highest BCUT2D eigenvalue weighted by atomic mass is 32.2. The highest BCUT2D eigenvalue weighted by molar-refractivity contribution is 7.99. The topological polar surface area (TPSA) is 26.8 Å². The fraction of sp³-hybridized carbons (Fsp3) is 0.519. The number of halogens is 3. The molecule has 0 spiro atoms. The number of para-hydroxylation sites is 1. The minimum Gasteiger partial charge on any atom is -0.343 e. The molecular formula is C27H32F3N3OS. The van der Waals surface area contributed by atoms with Crippen LogP contribution in [0.1, 0.15) is 44.1 Å². The van der Waals surface area contributed by atoms with E-state index in [9.17, 15) is 18.0 Å². The van der Waals surface area contributed by atoms with E-state index < -0.39 is 11.7 Å². The molecule has 4 nitrogen and oxygen atoms in total. The van der Waals surface area contributed by atoms with Crippen LogP contribution in [0.4, 0.5) is 24.5 Å². The molecule has 3 aliphatic rings. The standard InChI is InChI=1S/C27H32F3N3OS/c28-27(29,30)21-8-9-25-23(19-21)33(22-6-1-2-7-24(22)35-25)15-3-5-20-10-17-32(18-11-20)26(34)12-16-31-13-4-14-31/h1-2,6-9,19-20H,3-5,10-18H2. The van der Waals surface area contributed by atoms with Crippen molar-refractivity contribution in [1.82, 2.24) is 9.80 Å². The summed E-state index contributed by atoms with van der Waals surface area (Å²) < 4.78 is 40.3. The molecule has 5 rings (SSSR count). The molecule has 3 heterocycles. The number of alkyl halides is 3. The maximum atomic E-state index is 13.4. The van der Waals surface area contributed by atoms with Crippen molar-refractivity contribution in [3.8, 4) is 0 Å². The lowest BCUT2D eigenvalue weighted by Crippen LogP contribution is -2.42. The number of hydrogen-bond donors (Lipinski definition) is 0. The zero-order valence-corrected chi connectivity index (χ0v) is 20.7. The fourth-order valence-electron chi connectivity index (χ4n) is 5.27. The van der Waals surface area contributed by atoms with Gasteiger partial charge in [0.15, 0.2) is 0 Å². The first-order valence-electron chi connectivity index (χ1n) is 12.6. The molecule has 0 aliphatic carbocycles. The predicted octanol–water partition coefficient (Wildman–Crippen LogP) is 6.42. The number of amides is 1. The lowest BCUT2D eigenvalue weighted by Gasteiger charge is -2.35. The van der Waals surface area contributed by atoms with Crippen LogP contribution in [0.15, 0.2) is 52.3 Å². The molecule has 188 valence electrons. The van der Waals surface area contributed by atoms with E-state index in [1.165, 1.54) is 30.3 Å². The summed E-state index contributed by atoms with van der Waals surface area (Å²) in [6.07, 6.45) is 1.46. The summed E-state index contributed by atoms with van der Waals surface area (Å²) in [4.78, 5) is 20.9. The lowest BCUT2D eigenvalue weighted by atomic mass is 9.92. The molecule has 3 aliphatic heterocycles. The second-order valence-electron chi connectivity index (χ2n) is 9.81. The van der Waals surface area contributed by atoms with Crippen LogP contribution in [0.5, 0.6) is 0 Å². The average molecular weight is 504 g/mol. The zero-order chi connectivity index (χ0) is 24.4. The van der Waals surface area contributed by atoms with Gasteiger partial charge in [0.25, 0.3) is 0 Å². The molecule has 0 unspecified atom stereocenters. The Morgan fingerprint density at radius 1 is 0.943 bits per heavy atom. The van der Waals surface area contributed by atoms with Gasteiger partial charge in [-0.2, -0.15) is 13.2 Å². The van der Waals surface area contributed by atoms with Crippen molar-refractivity contribution in [1.29, 1.82) is 0 Å². The summed E-state index contributed by atoms with van der Waals surface area (Å²) in [6.45, 7) is 5.46. The predicted molar refractivity (Wildman–Crippen MR) is 133 cm³/mol. The summed E-state index contributed by atoms with van der Waals surface area (Å²) in [5, 5.41) is 0. The Bertz CT molecular complexity index is 1050. The Kier molecular flexibility index (Phi) is 7.30. The summed E-state index contributed by atoms with van der Waals surface area (Å²) in [5.41, 5.74) is 1.02. The summed E-state index contributed by atoms with van der Waals surface area (Å²) in [5.74, 6) is 0.833. The minimum atomic E-state index is -4.36. The Hall–Kier alpha value is -2.19. The van der Waals surface area contributed by atoms with Gasteiger partial charge in [-0.25, -0.2) is 0 Å². The smallest absolute Gasteiger partial charge is 0.343 e. The Morgan fingerprint density at radius 3 is 2.40 bits per heavy atom. The maximum Gasteiger partial charge on any atom is 0.416 e. The molecule has 2 aromatic rings. The third-order valence-corrected chi connectivity index (χ3v) is 8.64. The van der Waals surface area contributed by atoms with Gasteiger partial charge in [-0.3, -0.25) is 4.79 Å². The van der Waals surface area contributed by atoms with E-state index in [2.05, 4.69) is 9.80 Å². The van der Waals surface area contributed by atoms with Gasteiger partial charge in [0.1, 0.15) is 0 Å². The minimum absolute atomic E-state index is 0.273. The van der Waals surface area contributed by atoms with Gasteiger partial charge < -0.3 is 14.7 Å². The average Bonchev–Trinajstić information content (AvgIpc) is 2.82. The largest absolute Gasteiger partial charge is 0.416 e. The summed E-state index contributed by atoms with van der Waals surface area (Å²) in [6, 6.07) is 12.0. The number of rotatable bonds is 7. The first-order valence-corrected chi connectivity index (χ1v) is 13.5. The number of piperidine rings is 1. The molecule has 2 saturated heterocycles. The summed E-state index contributed by atoms with van der Waals surface area (Å²) >= 11 is 1.53. The number of carbonyl (C=O) groups is 1. The molecule has 2 aromatic carbocycles. The van der Waals surface area contributed by atoms with Gasteiger partial charge in [0.2, 0.25) is 5.91 Å². The highest BCUT2D eigenvalue weighted by Gasteiger charge is 2.33. The molecule has 2 fully saturated rings. The lowest BCUT2D eigenvalue weighted by molar-refractivity contribution is -0.137. The Balaban J connectivity index is 1.17. The van der Waals surface area contributed by atoms with Gasteiger partial charge in [-0.05, 0) is 81.4 Å². The monoisotopic (exact) mass is 503 g/mol. The van der Waals surface area contributed by atoms with Crippen LogP contribution in [-0.2, 0) is 11.0 Å². The Morgan fingerprint density at radius 2 is 1.69 bits per heavy atom. The van der Waals surface area contributed by atoms with Crippen LogP contribution >= 0.6 is 11.8 Å². The maximum absolute atomic E-state index is 13.4. The second kappa shape index (κ2) is 10.4. The third-order valence-electron chi connectivity index (χ3n) is 7.50. The van der Waals surface area contributed by atoms with E-state index in [-0.39, 0.29) is 5.91 Å². The van der Waals surface area contributed by atoms with Crippen LogP contribution in [-0.4, -0.2) is 55.0 Å². The molecule has 8 heteroatoms. The van der Waals surface area contributed by atoms with E-state index in [0.717, 1.165) is 73.9 Å². The first kappa shape index (κ1) is 24.5. The molecule has 0 radical (unpaired) electrons. The van der Waals surface area contributed by atoms with E-state index in [1.54, 1.807) is 6.07 Å². The Labute approximate surface area is 209 Å². The van der Waals surface area contributed by atoms with Crippen molar-refractivity contribution in [2.45, 2.75) is 54.5 Å². The molecule has 0 N–H and O–H groups in total. The number of benzene rings is 2. The molecule has 0 saturated carbocycles. The molecule has 35 heavy (non-hydrogen) atoms. The van der Waals surface area contributed by atoms with E-state index in [1.807, 2.05) is 29.2 Å². The van der Waals surface area contributed by atoms with Crippen molar-refractivity contribution >= 4 is 29.0 Å². The van der Waals surface area contributed by atoms with Crippen LogP contribution in [0.2, 0.25) is 0 Å². The van der Waals surface area contributed by atoms with Gasteiger partial charge in [0.05, 0.1) is 16.9 Å². The number of hydrogen-bond acceptors (Lipinski definition) is 4. The number of anilines is 2. The van der Waals surface area contributed by atoms with Crippen molar-refractivity contribution in [3.05, 3.63) is 48.0 Å². The third kappa shape index (κ3) is 5.64. The van der Waals surface area contributed by atoms with Gasteiger partial charge >= 0.3 is 6.18 Å². The first-order chi connectivity index (χ1) is 16.9. The number of nitrogens with zero attached hydrogens (tertiary/aromatic N) is 3. The fourth-order valence-corrected chi connectivity index (χ4v) is 6.35. The van der Waals surface area contributed by atoms with Crippen LogP contribution in [0.25, 0.3) is 0 Å². The number of carbonyl (C=O) groups excluding carboxylic acids is 1. The quantitative estimate of drug-likeness (QED) is 0.436. The number of fused-ring (bicyclic) bond motifs is 2. The van der Waals surface area contributed by atoms with Gasteiger partial charge in [-0.1, -0.05) is 23.9 Å². The number of likely N-dealkylation sites (tertiary alicyclic amines) is 2. The van der Waals surface area contributed by atoms with E-state index in [0.29, 0.717) is 24.6 Å². The van der Waals surface area contributed by atoms with Crippen LogP contribution in [0, 0.1) is 5.92 Å². The highest BCUT2D eigenvalue weighted by Crippen LogP contribution is 2.49. The molecule has 1 amide bonds. The molecule has 0 aromatic heterocycles. The molecule has 0 atom stereocenters. The van der Waals surface area contributed by atoms with Crippen molar-refractivity contribution < 1.29 is 18.0 Å². The van der Waals surface area contributed by atoms with Gasteiger partial charge in [0, 0.05) is 42.4 Å². The molecular weight excluding hydrogens is 471 g/mol. The van der Waals surface area contributed by atoms with Crippen molar-refractivity contribution in [2.75, 3.05) is 44.2 Å². The molecule has 0 bridgehead atoms. The zero-order valence-electron chi connectivity index (χ0n) is 19.9. The van der Waals surface area contributed by atoms with Crippen molar-refractivity contribution in [2.24, 2.45) is 5.92 Å². The SMILES string of the molecule is O=C(CCN1CCC1)N1CCC(CCCN2c3ccccc3Sc3ccc(C(F)(F)F)cc32)CC1. The van der Waals surface area contributed by atoms with E-state index in [4.69, 9.17) is 0 Å². The van der Waals surface area contributed by atoms with Crippen LogP contribution in [0.3, 0.4) is 0 Å². The van der Waals surface area contributed by atoms with E-state index >= 15 is 0 Å². The normalized spacial score (nSPS) is 18.7.